The van der Waals surface area contributed by atoms with Crippen molar-refractivity contribution in [3.63, 3.8) is 0 Å². The predicted molar refractivity (Wildman–Crippen MR) is 131 cm³/mol. The Morgan fingerprint density at radius 3 is 1.85 bits per heavy atom. The zero-order valence-corrected chi connectivity index (χ0v) is 20.5. The van der Waals surface area contributed by atoms with Gasteiger partial charge in [0.2, 0.25) is 10.0 Å². The molecule has 0 aromatic heterocycles. The van der Waals surface area contributed by atoms with E-state index in [1.54, 1.807) is 26.4 Å². The lowest BCUT2D eigenvalue weighted by Gasteiger charge is -2.24. The normalized spacial score (nSPS) is 14.8. The van der Waals surface area contributed by atoms with Crippen LogP contribution >= 0.6 is 0 Å². The predicted octanol–water partition coefficient (Wildman–Crippen LogP) is 3.05. The molecule has 9 heteroatoms. The van der Waals surface area contributed by atoms with Crippen LogP contribution in [0.3, 0.4) is 0 Å². The molecular weight excluding hydrogens is 453 g/mol. The standard InChI is InChI=1S/C25H28BNO6S/c1-25(2)23-15-22(13-14-24(23)26(28)33-25)34(29,30)27(16-18-5-9-20(31-3)10-6-18)17-19-7-11-21(32-4)12-8-19/h5-15,28H,16-17H2,1-4H3. The largest absolute Gasteiger partial charge is 0.497 e. The summed E-state index contributed by atoms with van der Waals surface area (Å²) >= 11 is 0. The minimum absolute atomic E-state index is 0.152. The molecule has 178 valence electrons. The van der Waals surface area contributed by atoms with Crippen LogP contribution in [0.25, 0.3) is 0 Å². The monoisotopic (exact) mass is 481 g/mol. The van der Waals surface area contributed by atoms with Gasteiger partial charge in [0, 0.05) is 13.1 Å². The quantitative estimate of drug-likeness (QED) is 0.498. The van der Waals surface area contributed by atoms with Crippen LogP contribution in [0.5, 0.6) is 11.5 Å². The van der Waals surface area contributed by atoms with Gasteiger partial charge in [0.05, 0.1) is 24.7 Å². The number of benzene rings is 3. The molecule has 1 N–H and O–H groups in total. The highest BCUT2D eigenvalue weighted by molar-refractivity contribution is 7.89. The molecule has 0 unspecified atom stereocenters. The van der Waals surface area contributed by atoms with Gasteiger partial charge in [0.1, 0.15) is 11.5 Å². The van der Waals surface area contributed by atoms with Gasteiger partial charge in [-0.15, -0.1) is 0 Å². The van der Waals surface area contributed by atoms with Gasteiger partial charge in [-0.3, -0.25) is 0 Å². The van der Waals surface area contributed by atoms with Crippen molar-refractivity contribution in [2.24, 2.45) is 0 Å². The average molecular weight is 481 g/mol. The van der Waals surface area contributed by atoms with Crippen LogP contribution < -0.4 is 14.9 Å². The fourth-order valence-corrected chi connectivity index (χ4v) is 5.53. The SMILES string of the molecule is COc1ccc(CN(Cc2ccc(OC)cc2)S(=O)(=O)c2ccc3c(c2)C(C)(C)OB3O)cc1. The molecule has 3 aromatic rings. The first kappa shape index (κ1) is 24.3. The van der Waals surface area contributed by atoms with Crippen molar-refractivity contribution in [3.05, 3.63) is 83.4 Å². The third kappa shape index (κ3) is 4.83. The summed E-state index contributed by atoms with van der Waals surface area (Å²) in [5, 5.41) is 10.2. The van der Waals surface area contributed by atoms with Crippen molar-refractivity contribution in [1.29, 1.82) is 0 Å². The summed E-state index contributed by atoms with van der Waals surface area (Å²) in [7, 11) is -1.78. The fraction of sp³-hybridized carbons (Fsp3) is 0.280. The van der Waals surface area contributed by atoms with E-state index in [0.717, 1.165) is 11.1 Å². The van der Waals surface area contributed by atoms with Crippen LogP contribution in [0.15, 0.2) is 71.6 Å². The first-order valence-corrected chi connectivity index (χ1v) is 12.3. The Labute approximate surface area is 201 Å². The molecule has 0 fully saturated rings. The molecule has 0 saturated heterocycles. The first-order chi connectivity index (χ1) is 16.1. The fourth-order valence-electron chi connectivity index (χ4n) is 4.08. The first-order valence-electron chi connectivity index (χ1n) is 10.9. The van der Waals surface area contributed by atoms with Gasteiger partial charge in [0.15, 0.2) is 0 Å². The summed E-state index contributed by atoms with van der Waals surface area (Å²) in [4.78, 5) is 0.152. The molecule has 0 atom stereocenters. The lowest BCUT2D eigenvalue weighted by molar-refractivity contribution is 0.101. The Morgan fingerprint density at radius 2 is 1.38 bits per heavy atom. The lowest BCUT2D eigenvalue weighted by Crippen LogP contribution is -2.31. The zero-order chi connectivity index (χ0) is 24.5. The molecular formula is C25H28BNO6S. The second-order valence-corrected chi connectivity index (χ2v) is 10.6. The number of ether oxygens (including phenoxy) is 2. The van der Waals surface area contributed by atoms with Crippen LogP contribution in [0.2, 0.25) is 0 Å². The number of rotatable bonds is 8. The molecule has 7 nitrogen and oxygen atoms in total. The molecule has 34 heavy (non-hydrogen) atoms. The summed E-state index contributed by atoms with van der Waals surface area (Å²) in [5.74, 6) is 1.40. The van der Waals surface area contributed by atoms with E-state index >= 15 is 0 Å². The Morgan fingerprint density at radius 1 is 0.882 bits per heavy atom. The van der Waals surface area contributed by atoms with E-state index in [2.05, 4.69) is 0 Å². The molecule has 0 radical (unpaired) electrons. The molecule has 1 heterocycles. The van der Waals surface area contributed by atoms with E-state index in [4.69, 9.17) is 14.1 Å². The molecule has 4 rings (SSSR count). The van der Waals surface area contributed by atoms with Gasteiger partial charge in [-0.25, -0.2) is 8.42 Å². The van der Waals surface area contributed by atoms with Crippen LogP contribution in [0, 0.1) is 0 Å². The van der Waals surface area contributed by atoms with Gasteiger partial charge < -0.3 is 19.2 Å². The Hall–Kier alpha value is -2.85. The number of hydrogen-bond acceptors (Lipinski definition) is 6. The topological polar surface area (TPSA) is 85.3 Å². The van der Waals surface area contributed by atoms with Crippen molar-refractivity contribution in [3.8, 4) is 11.5 Å². The number of sulfonamides is 1. The third-order valence-corrected chi connectivity index (χ3v) is 7.81. The van der Waals surface area contributed by atoms with Crippen molar-refractivity contribution in [1.82, 2.24) is 4.31 Å². The maximum Gasteiger partial charge on any atom is 0.492 e. The minimum Gasteiger partial charge on any atom is -0.497 e. The second kappa shape index (κ2) is 9.42. The smallest absolute Gasteiger partial charge is 0.492 e. The van der Waals surface area contributed by atoms with Crippen molar-refractivity contribution >= 4 is 22.6 Å². The molecule has 1 aliphatic rings. The minimum atomic E-state index is -3.88. The molecule has 0 saturated carbocycles. The summed E-state index contributed by atoms with van der Waals surface area (Å²) < 4.78 is 45.2. The number of nitrogens with zero attached hydrogens (tertiary/aromatic N) is 1. The van der Waals surface area contributed by atoms with E-state index < -0.39 is 22.7 Å². The lowest BCUT2D eigenvalue weighted by atomic mass is 9.78. The summed E-state index contributed by atoms with van der Waals surface area (Å²) in [6.45, 7) is 3.98. The third-order valence-electron chi connectivity index (χ3n) is 6.02. The summed E-state index contributed by atoms with van der Waals surface area (Å²) in [5.41, 5.74) is 2.11. The molecule has 0 spiro atoms. The summed E-state index contributed by atoms with van der Waals surface area (Å²) in [6.07, 6.45) is 0. The Balaban J connectivity index is 1.71. The van der Waals surface area contributed by atoms with Gasteiger partial charge in [-0.1, -0.05) is 30.3 Å². The second-order valence-electron chi connectivity index (χ2n) is 8.70. The van der Waals surface area contributed by atoms with Crippen molar-refractivity contribution in [2.45, 2.75) is 37.4 Å². The van der Waals surface area contributed by atoms with Crippen LogP contribution in [-0.2, 0) is 33.4 Å². The highest BCUT2D eigenvalue weighted by Crippen LogP contribution is 2.32. The van der Waals surface area contributed by atoms with Gasteiger partial charge in [-0.05, 0) is 72.4 Å². The Bertz CT molecular complexity index is 1210. The van der Waals surface area contributed by atoms with E-state index in [0.29, 0.717) is 22.5 Å². The molecule has 0 amide bonds. The average Bonchev–Trinajstić information content (AvgIpc) is 3.07. The van der Waals surface area contributed by atoms with Crippen LogP contribution in [0.4, 0.5) is 0 Å². The number of fused-ring (bicyclic) bond motifs is 1. The molecule has 0 aliphatic carbocycles. The van der Waals surface area contributed by atoms with Gasteiger partial charge in [-0.2, -0.15) is 4.31 Å². The van der Waals surface area contributed by atoms with E-state index in [9.17, 15) is 13.4 Å². The van der Waals surface area contributed by atoms with E-state index in [1.165, 1.54) is 10.4 Å². The van der Waals surface area contributed by atoms with Gasteiger partial charge >= 0.3 is 7.12 Å². The van der Waals surface area contributed by atoms with E-state index in [-0.39, 0.29) is 18.0 Å². The highest BCUT2D eigenvalue weighted by Gasteiger charge is 2.41. The number of hydrogen-bond donors (Lipinski definition) is 1. The van der Waals surface area contributed by atoms with Gasteiger partial charge in [0.25, 0.3) is 0 Å². The molecule has 1 aliphatic heterocycles. The maximum atomic E-state index is 13.9. The van der Waals surface area contributed by atoms with Crippen molar-refractivity contribution in [2.75, 3.05) is 14.2 Å². The van der Waals surface area contributed by atoms with Crippen molar-refractivity contribution < 1.29 is 27.6 Å². The van der Waals surface area contributed by atoms with Crippen LogP contribution in [0.1, 0.15) is 30.5 Å². The molecule has 3 aromatic carbocycles. The Kier molecular flexibility index (Phi) is 6.73. The van der Waals surface area contributed by atoms with E-state index in [1.807, 2.05) is 62.4 Å². The maximum absolute atomic E-state index is 13.9. The summed E-state index contributed by atoms with van der Waals surface area (Å²) in [6, 6.07) is 19.4. The number of methoxy groups -OCH3 is 2. The molecule has 0 bridgehead atoms. The highest BCUT2D eigenvalue weighted by atomic mass is 32.2. The zero-order valence-electron chi connectivity index (χ0n) is 19.7. The van der Waals surface area contributed by atoms with Crippen LogP contribution in [-0.4, -0.2) is 39.1 Å².